The minimum Gasteiger partial charge on any atom is -0.411 e. The monoisotopic (exact) mass is 254 g/mol. The number of hydrogen-bond acceptors (Lipinski definition) is 2. The molecule has 5 heteroatoms. The lowest BCUT2D eigenvalue weighted by molar-refractivity contribution is -0.0552. The Bertz CT molecular complexity index is 213. The fraction of sp³-hybridized carbons (Fsp3) is 1.00. The average Bonchev–Trinajstić information content (AvgIpc) is 2.10. The van der Waals surface area contributed by atoms with Crippen LogP contribution in [0.4, 0.5) is 8.78 Å². The molecule has 0 rings (SSSR count). The van der Waals surface area contributed by atoms with E-state index in [0.29, 0.717) is 0 Å². The third-order valence-corrected chi connectivity index (χ3v) is 7.63. The van der Waals surface area contributed by atoms with Crippen molar-refractivity contribution in [3.05, 3.63) is 0 Å². The van der Waals surface area contributed by atoms with E-state index in [1.54, 1.807) is 0 Å². The summed E-state index contributed by atoms with van der Waals surface area (Å²) in [7, 11) is -2.10. The van der Waals surface area contributed by atoms with Crippen molar-refractivity contribution in [3.63, 3.8) is 0 Å². The number of alkyl halides is 2. The Hall–Kier alpha value is -0.00312. The van der Waals surface area contributed by atoms with E-state index in [9.17, 15) is 8.78 Å². The normalized spacial score (nSPS) is 14.2. The first-order valence-electron chi connectivity index (χ1n) is 5.64. The first-order valence-corrected chi connectivity index (χ1v) is 8.55. The van der Waals surface area contributed by atoms with Crippen LogP contribution >= 0.6 is 0 Å². The molecule has 0 aromatic heterocycles. The number of aliphatic hydroxyl groups excluding tert-OH is 1. The molecule has 0 aliphatic carbocycles. The molecular weight excluding hydrogens is 230 g/mol. The van der Waals surface area contributed by atoms with Crippen molar-refractivity contribution >= 4 is 8.32 Å². The van der Waals surface area contributed by atoms with Crippen LogP contribution in [0.1, 0.15) is 33.6 Å². The summed E-state index contributed by atoms with van der Waals surface area (Å²) in [6, 6.07) is 0. The lowest BCUT2D eigenvalue weighted by atomic mass is 10.2. The molecule has 0 amide bonds. The molecule has 0 saturated heterocycles. The first-order chi connectivity index (χ1) is 7.02. The predicted octanol–water partition coefficient (Wildman–Crippen LogP) is 3.42. The van der Waals surface area contributed by atoms with Crippen LogP contribution in [0.15, 0.2) is 0 Å². The van der Waals surface area contributed by atoms with Gasteiger partial charge in [0, 0.05) is 13.0 Å². The minimum atomic E-state index is -2.82. The van der Waals surface area contributed by atoms with Crippen molar-refractivity contribution in [2.45, 2.75) is 57.7 Å². The highest BCUT2D eigenvalue weighted by Crippen LogP contribution is 2.37. The molecule has 0 aliphatic heterocycles. The molecule has 1 N–H and O–H groups in total. The van der Waals surface area contributed by atoms with Gasteiger partial charge in [0.25, 0.3) is 5.92 Å². The standard InChI is InChI=1S/C11H24F2O2Si/c1-10(2,3)16(4,5)15-9-11(12,13)7-6-8-14/h14H,6-9H2,1-5H3. The van der Waals surface area contributed by atoms with Crippen LogP contribution in [0.3, 0.4) is 0 Å². The smallest absolute Gasteiger partial charge is 0.269 e. The summed E-state index contributed by atoms with van der Waals surface area (Å²) >= 11 is 0. The van der Waals surface area contributed by atoms with E-state index >= 15 is 0 Å². The topological polar surface area (TPSA) is 29.5 Å². The quantitative estimate of drug-likeness (QED) is 0.736. The summed E-state index contributed by atoms with van der Waals surface area (Å²) in [6.45, 7) is 9.24. The molecule has 98 valence electrons. The molecule has 0 atom stereocenters. The molecule has 0 heterocycles. The Morgan fingerprint density at radius 1 is 1.19 bits per heavy atom. The van der Waals surface area contributed by atoms with Crippen molar-refractivity contribution in [2.75, 3.05) is 13.2 Å². The zero-order valence-electron chi connectivity index (χ0n) is 10.9. The summed E-state index contributed by atoms with van der Waals surface area (Å²) in [5.74, 6) is -2.82. The summed E-state index contributed by atoms with van der Waals surface area (Å²) in [4.78, 5) is 0. The fourth-order valence-corrected chi connectivity index (χ4v) is 1.92. The molecule has 0 unspecified atom stereocenters. The maximum absolute atomic E-state index is 13.3. The van der Waals surface area contributed by atoms with Gasteiger partial charge in [-0.15, -0.1) is 0 Å². The zero-order chi connectivity index (χ0) is 13.0. The van der Waals surface area contributed by atoms with Crippen LogP contribution in [-0.4, -0.2) is 32.6 Å². The van der Waals surface area contributed by atoms with E-state index in [2.05, 4.69) is 0 Å². The van der Waals surface area contributed by atoms with Crippen molar-refractivity contribution in [1.82, 2.24) is 0 Å². The van der Waals surface area contributed by atoms with Gasteiger partial charge < -0.3 is 9.53 Å². The fourth-order valence-electron chi connectivity index (χ4n) is 0.912. The zero-order valence-corrected chi connectivity index (χ0v) is 11.9. The predicted molar refractivity (Wildman–Crippen MR) is 64.4 cm³/mol. The summed E-state index contributed by atoms with van der Waals surface area (Å²) < 4.78 is 32.1. The van der Waals surface area contributed by atoms with Gasteiger partial charge in [-0.25, -0.2) is 8.78 Å². The van der Waals surface area contributed by atoms with Crippen LogP contribution in [0.25, 0.3) is 0 Å². The van der Waals surface area contributed by atoms with Gasteiger partial charge in [0.2, 0.25) is 0 Å². The van der Waals surface area contributed by atoms with Crippen LogP contribution < -0.4 is 0 Å². The molecule has 0 aliphatic rings. The average molecular weight is 254 g/mol. The Morgan fingerprint density at radius 2 is 1.69 bits per heavy atom. The molecule has 0 bridgehead atoms. The molecule has 16 heavy (non-hydrogen) atoms. The highest BCUT2D eigenvalue weighted by atomic mass is 28.4. The van der Waals surface area contributed by atoms with Gasteiger partial charge in [0.1, 0.15) is 0 Å². The second-order valence-corrected chi connectivity index (χ2v) is 10.5. The first kappa shape index (κ1) is 16.0. The van der Waals surface area contributed by atoms with Gasteiger partial charge in [-0.1, -0.05) is 20.8 Å². The Labute approximate surface area is 98.1 Å². The SMILES string of the molecule is CC(C)(C)[Si](C)(C)OCC(F)(F)CCCO. The van der Waals surface area contributed by atoms with E-state index in [1.807, 2.05) is 33.9 Å². The molecular formula is C11H24F2O2Si. The largest absolute Gasteiger partial charge is 0.411 e. The number of halogens is 2. The van der Waals surface area contributed by atoms with Gasteiger partial charge in [0.05, 0.1) is 6.61 Å². The van der Waals surface area contributed by atoms with Gasteiger partial charge in [0.15, 0.2) is 8.32 Å². The Kier molecular flexibility index (Phi) is 5.55. The summed E-state index contributed by atoms with van der Waals surface area (Å²) in [5.41, 5.74) is 0. The number of rotatable bonds is 6. The van der Waals surface area contributed by atoms with Crippen molar-refractivity contribution < 1.29 is 18.3 Å². The van der Waals surface area contributed by atoms with E-state index in [0.717, 1.165) is 0 Å². The summed E-state index contributed by atoms with van der Waals surface area (Å²) in [5, 5.41) is 8.47. The molecule has 0 radical (unpaired) electrons. The highest BCUT2D eigenvalue weighted by Gasteiger charge is 2.40. The van der Waals surface area contributed by atoms with Crippen LogP contribution in [0.2, 0.25) is 18.1 Å². The van der Waals surface area contributed by atoms with Gasteiger partial charge in [-0.05, 0) is 24.6 Å². The van der Waals surface area contributed by atoms with E-state index in [-0.39, 0.29) is 24.5 Å². The van der Waals surface area contributed by atoms with Crippen LogP contribution in [-0.2, 0) is 4.43 Å². The van der Waals surface area contributed by atoms with E-state index in [1.165, 1.54) is 0 Å². The van der Waals surface area contributed by atoms with Crippen LogP contribution in [0.5, 0.6) is 0 Å². The molecule has 0 aromatic rings. The molecule has 0 saturated carbocycles. The Morgan fingerprint density at radius 3 is 2.06 bits per heavy atom. The van der Waals surface area contributed by atoms with E-state index in [4.69, 9.17) is 9.53 Å². The lowest BCUT2D eigenvalue weighted by Crippen LogP contribution is -2.44. The maximum Gasteiger partial charge on any atom is 0.269 e. The van der Waals surface area contributed by atoms with Crippen molar-refractivity contribution in [2.24, 2.45) is 0 Å². The number of aliphatic hydroxyl groups is 1. The molecule has 2 nitrogen and oxygen atoms in total. The van der Waals surface area contributed by atoms with Crippen molar-refractivity contribution in [1.29, 1.82) is 0 Å². The summed E-state index contributed by atoms with van der Waals surface area (Å²) in [6.07, 6.45) is -0.189. The van der Waals surface area contributed by atoms with Gasteiger partial charge in [-0.2, -0.15) is 0 Å². The molecule has 0 spiro atoms. The van der Waals surface area contributed by atoms with Crippen LogP contribution in [0, 0.1) is 0 Å². The molecule has 0 aromatic carbocycles. The third-order valence-electron chi connectivity index (χ3n) is 3.15. The van der Waals surface area contributed by atoms with Crippen molar-refractivity contribution in [3.8, 4) is 0 Å². The lowest BCUT2D eigenvalue weighted by Gasteiger charge is -2.37. The van der Waals surface area contributed by atoms with E-state index < -0.39 is 20.8 Å². The minimum absolute atomic E-state index is 0.0555. The highest BCUT2D eigenvalue weighted by molar-refractivity contribution is 6.74. The second-order valence-electron chi connectivity index (χ2n) is 5.73. The maximum atomic E-state index is 13.3. The Balaban J connectivity index is 4.23. The van der Waals surface area contributed by atoms with Gasteiger partial charge in [-0.3, -0.25) is 0 Å². The molecule has 0 fully saturated rings. The second kappa shape index (κ2) is 5.56. The third kappa shape index (κ3) is 5.36. The number of hydrogen-bond donors (Lipinski definition) is 1. The van der Waals surface area contributed by atoms with Gasteiger partial charge >= 0.3 is 0 Å².